The molecule has 4 rings (SSSR count). The van der Waals surface area contributed by atoms with E-state index in [4.69, 9.17) is 14.0 Å². The summed E-state index contributed by atoms with van der Waals surface area (Å²) in [5.74, 6) is 2.73. The monoisotopic (exact) mass is 344 g/mol. The van der Waals surface area contributed by atoms with Crippen LogP contribution in [-0.2, 0) is 4.74 Å². The van der Waals surface area contributed by atoms with Crippen LogP contribution in [0.25, 0.3) is 11.4 Å². The minimum Gasteiger partial charge on any atom is -0.475 e. The Bertz CT molecular complexity index is 701. The fourth-order valence-electron chi connectivity index (χ4n) is 3.30. The van der Waals surface area contributed by atoms with E-state index in [1.807, 2.05) is 12.1 Å². The fraction of sp³-hybridized carbons (Fsp3) is 0.611. The van der Waals surface area contributed by atoms with E-state index in [1.165, 1.54) is 19.3 Å². The number of hydrogen-bond acceptors (Lipinski definition) is 7. The normalized spacial score (nSPS) is 20.9. The van der Waals surface area contributed by atoms with Crippen LogP contribution in [0.5, 0.6) is 5.88 Å². The lowest BCUT2D eigenvalue weighted by Crippen LogP contribution is -2.25. The van der Waals surface area contributed by atoms with Crippen molar-refractivity contribution in [2.75, 3.05) is 33.4 Å². The summed E-state index contributed by atoms with van der Waals surface area (Å²) >= 11 is 0. The third kappa shape index (κ3) is 3.99. The van der Waals surface area contributed by atoms with Crippen LogP contribution in [0.15, 0.2) is 22.9 Å². The smallest absolute Gasteiger partial charge is 0.244 e. The van der Waals surface area contributed by atoms with Gasteiger partial charge in [0.05, 0.1) is 12.6 Å². The first kappa shape index (κ1) is 16.5. The highest BCUT2D eigenvalue weighted by Crippen LogP contribution is 2.37. The average molecular weight is 344 g/mol. The van der Waals surface area contributed by atoms with Gasteiger partial charge in [0.2, 0.25) is 17.6 Å². The van der Waals surface area contributed by atoms with Crippen LogP contribution in [0.1, 0.15) is 37.6 Å². The van der Waals surface area contributed by atoms with Crippen molar-refractivity contribution in [1.82, 2.24) is 20.0 Å². The van der Waals surface area contributed by atoms with E-state index in [9.17, 15) is 0 Å². The number of pyridine rings is 1. The van der Waals surface area contributed by atoms with Gasteiger partial charge in [-0.3, -0.25) is 4.90 Å². The summed E-state index contributed by atoms with van der Waals surface area (Å²) in [4.78, 5) is 11.4. The lowest BCUT2D eigenvalue weighted by molar-refractivity contribution is 0.144. The Labute approximate surface area is 147 Å². The first-order valence-electron chi connectivity index (χ1n) is 8.99. The highest BCUT2D eigenvalue weighted by molar-refractivity contribution is 5.55. The molecule has 0 amide bonds. The first-order chi connectivity index (χ1) is 12.3. The summed E-state index contributed by atoms with van der Waals surface area (Å²) in [6, 6.07) is 3.97. The molecule has 7 nitrogen and oxygen atoms in total. The number of ether oxygens (including phenoxy) is 2. The molecule has 0 aromatic carbocycles. The Morgan fingerprint density at radius 2 is 2.20 bits per heavy atom. The van der Waals surface area contributed by atoms with Gasteiger partial charge < -0.3 is 14.0 Å². The van der Waals surface area contributed by atoms with Crippen molar-refractivity contribution >= 4 is 0 Å². The molecule has 1 aliphatic heterocycles. The number of likely N-dealkylation sites (tertiary alicyclic amines) is 1. The largest absolute Gasteiger partial charge is 0.475 e. The first-order valence-corrected chi connectivity index (χ1v) is 8.99. The van der Waals surface area contributed by atoms with Gasteiger partial charge in [-0.2, -0.15) is 4.98 Å². The number of aromatic nitrogens is 3. The third-order valence-electron chi connectivity index (χ3n) is 4.81. The average Bonchev–Trinajstić information content (AvgIpc) is 3.11. The SMILES string of the molecule is COCCOc1cc(-c2noc(C3CCCN3CC3CC3)n2)ccn1. The summed E-state index contributed by atoms with van der Waals surface area (Å²) in [5.41, 5.74) is 0.851. The van der Waals surface area contributed by atoms with Crippen LogP contribution in [0.3, 0.4) is 0 Å². The molecule has 1 atom stereocenters. The van der Waals surface area contributed by atoms with Gasteiger partial charge >= 0.3 is 0 Å². The second kappa shape index (κ2) is 7.49. The Kier molecular flexibility index (Phi) is 4.94. The van der Waals surface area contributed by atoms with Crippen molar-refractivity contribution < 1.29 is 14.0 Å². The van der Waals surface area contributed by atoms with E-state index in [0.29, 0.717) is 24.9 Å². The molecule has 2 aliphatic rings. The van der Waals surface area contributed by atoms with Crippen LogP contribution in [0, 0.1) is 5.92 Å². The van der Waals surface area contributed by atoms with E-state index in [1.54, 1.807) is 13.3 Å². The van der Waals surface area contributed by atoms with Crippen LogP contribution in [-0.4, -0.2) is 53.4 Å². The molecule has 25 heavy (non-hydrogen) atoms. The highest BCUT2D eigenvalue weighted by atomic mass is 16.5. The Balaban J connectivity index is 1.46. The molecule has 1 aliphatic carbocycles. The highest BCUT2D eigenvalue weighted by Gasteiger charge is 2.34. The maximum atomic E-state index is 5.59. The second-order valence-corrected chi connectivity index (χ2v) is 6.78. The summed E-state index contributed by atoms with van der Waals surface area (Å²) < 4.78 is 16.1. The molecule has 1 saturated heterocycles. The minimum absolute atomic E-state index is 0.265. The van der Waals surface area contributed by atoms with Crippen molar-refractivity contribution in [2.45, 2.75) is 31.7 Å². The number of hydrogen-bond donors (Lipinski definition) is 0. The van der Waals surface area contributed by atoms with Gasteiger partial charge in [0.1, 0.15) is 6.61 Å². The molecule has 2 aromatic rings. The Hall–Kier alpha value is -1.99. The van der Waals surface area contributed by atoms with Crippen molar-refractivity contribution in [3.05, 3.63) is 24.2 Å². The van der Waals surface area contributed by atoms with Gasteiger partial charge in [-0.1, -0.05) is 5.16 Å². The van der Waals surface area contributed by atoms with Crippen LogP contribution >= 0.6 is 0 Å². The molecule has 2 aromatic heterocycles. The number of methoxy groups -OCH3 is 1. The summed E-state index contributed by atoms with van der Waals surface area (Å²) in [5, 5.41) is 4.18. The summed E-state index contributed by atoms with van der Waals surface area (Å²) in [7, 11) is 1.64. The molecule has 7 heteroatoms. The summed E-state index contributed by atoms with van der Waals surface area (Å²) in [6.07, 6.45) is 6.71. The minimum atomic E-state index is 0.265. The Morgan fingerprint density at radius 1 is 1.28 bits per heavy atom. The number of rotatable bonds is 8. The molecule has 0 spiro atoms. The van der Waals surface area contributed by atoms with Crippen LogP contribution in [0.4, 0.5) is 0 Å². The zero-order valence-electron chi connectivity index (χ0n) is 14.6. The van der Waals surface area contributed by atoms with E-state index in [-0.39, 0.29) is 6.04 Å². The predicted octanol–water partition coefficient (Wildman–Crippen LogP) is 2.70. The number of nitrogens with zero attached hydrogens (tertiary/aromatic N) is 4. The van der Waals surface area contributed by atoms with E-state index >= 15 is 0 Å². The van der Waals surface area contributed by atoms with Crippen molar-refractivity contribution in [2.24, 2.45) is 5.92 Å². The third-order valence-corrected chi connectivity index (χ3v) is 4.81. The van der Waals surface area contributed by atoms with Gasteiger partial charge in [-0.05, 0) is 44.2 Å². The fourth-order valence-corrected chi connectivity index (χ4v) is 3.30. The van der Waals surface area contributed by atoms with Gasteiger partial charge in [0.15, 0.2) is 0 Å². The molecule has 1 unspecified atom stereocenters. The van der Waals surface area contributed by atoms with Gasteiger partial charge in [0, 0.05) is 31.5 Å². The van der Waals surface area contributed by atoms with Crippen molar-refractivity contribution in [1.29, 1.82) is 0 Å². The lowest BCUT2D eigenvalue weighted by Gasteiger charge is -2.20. The molecule has 0 bridgehead atoms. The molecule has 1 saturated carbocycles. The molecule has 0 N–H and O–H groups in total. The zero-order valence-corrected chi connectivity index (χ0v) is 14.6. The van der Waals surface area contributed by atoms with Crippen molar-refractivity contribution in [3.8, 4) is 17.3 Å². The molecule has 0 radical (unpaired) electrons. The maximum Gasteiger partial charge on any atom is 0.244 e. The quantitative estimate of drug-likeness (QED) is 0.682. The second-order valence-electron chi connectivity index (χ2n) is 6.78. The Morgan fingerprint density at radius 3 is 3.04 bits per heavy atom. The molecule has 134 valence electrons. The van der Waals surface area contributed by atoms with Crippen molar-refractivity contribution in [3.63, 3.8) is 0 Å². The van der Waals surface area contributed by atoms with Crippen LogP contribution in [0.2, 0.25) is 0 Å². The van der Waals surface area contributed by atoms with Gasteiger partial charge in [-0.25, -0.2) is 4.98 Å². The topological polar surface area (TPSA) is 73.5 Å². The lowest BCUT2D eigenvalue weighted by atomic mass is 10.2. The molecule has 2 fully saturated rings. The predicted molar refractivity (Wildman–Crippen MR) is 91.2 cm³/mol. The summed E-state index contributed by atoms with van der Waals surface area (Å²) in [6.45, 7) is 3.28. The molecular weight excluding hydrogens is 320 g/mol. The zero-order chi connectivity index (χ0) is 17.1. The van der Waals surface area contributed by atoms with Crippen LogP contribution < -0.4 is 4.74 Å². The standard InChI is InChI=1S/C18H24N4O3/c1-23-9-10-24-16-11-14(6-7-19-16)17-20-18(25-21-17)15-3-2-8-22(15)12-13-4-5-13/h6-7,11,13,15H,2-5,8-10,12H2,1H3. The van der Waals surface area contributed by atoms with E-state index < -0.39 is 0 Å². The maximum absolute atomic E-state index is 5.59. The van der Waals surface area contributed by atoms with Gasteiger partial charge in [-0.15, -0.1) is 0 Å². The molecular formula is C18H24N4O3. The van der Waals surface area contributed by atoms with E-state index in [0.717, 1.165) is 36.9 Å². The molecule has 3 heterocycles. The van der Waals surface area contributed by atoms with Gasteiger partial charge in [0.25, 0.3) is 0 Å². The van der Waals surface area contributed by atoms with E-state index in [2.05, 4.69) is 20.0 Å².